The Labute approximate surface area is 147 Å². The van der Waals surface area contributed by atoms with E-state index in [9.17, 15) is 14.5 Å². The third-order valence-electron chi connectivity index (χ3n) is 4.52. The SMILES string of the molecule is N#Cc1ccc(N2C(=O)C(CC(=O)N=O)=C3CCCCC32)c(Br)c1. The maximum absolute atomic E-state index is 12.9. The van der Waals surface area contributed by atoms with E-state index in [-0.39, 0.29) is 18.4 Å². The van der Waals surface area contributed by atoms with Crippen molar-refractivity contribution >= 4 is 33.4 Å². The highest BCUT2D eigenvalue weighted by atomic mass is 79.9. The lowest BCUT2D eigenvalue weighted by molar-refractivity contribution is -0.120. The molecule has 2 aliphatic rings. The molecule has 1 aromatic carbocycles. The maximum atomic E-state index is 12.9. The van der Waals surface area contributed by atoms with Crippen LogP contribution < -0.4 is 4.90 Å². The molecule has 3 rings (SSSR count). The first kappa shape index (κ1) is 16.5. The molecular weight excluding hydrogens is 374 g/mol. The highest BCUT2D eigenvalue weighted by Gasteiger charge is 2.41. The Hall–Kier alpha value is -2.33. The Morgan fingerprint density at radius 1 is 1.42 bits per heavy atom. The van der Waals surface area contributed by atoms with Crippen LogP contribution in [0.5, 0.6) is 0 Å². The first-order valence-corrected chi connectivity index (χ1v) is 8.47. The maximum Gasteiger partial charge on any atom is 0.290 e. The summed E-state index contributed by atoms with van der Waals surface area (Å²) >= 11 is 3.43. The van der Waals surface area contributed by atoms with Crippen LogP contribution in [0.4, 0.5) is 5.69 Å². The quantitative estimate of drug-likeness (QED) is 0.740. The molecule has 1 aromatic rings. The second-order valence-corrected chi connectivity index (χ2v) is 6.73. The molecule has 1 aliphatic carbocycles. The van der Waals surface area contributed by atoms with Gasteiger partial charge < -0.3 is 4.90 Å². The van der Waals surface area contributed by atoms with Gasteiger partial charge in [-0.1, -0.05) is 6.42 Å². The Morgan fingerprint density at radius 3 is 2.88 bits per heavy atom. The van der Waals surface area contributed by atoms with Crippen LogP contribution in [0.15, 0.2) is 39.0 Å². The summed E-state index contributed by atoms with van der Waals surface area (Å²) in [5, 5.41) is 11.4. The van der Waals surface area contributed by atoms with Crippen molar-refractivity contribution in [3.8, 4) is 6.07 Å². The van der Waals surface area contributed by atoms with Crippen molar-refractivity contribution in [3.05, 3.63) is 44.3 Å². The van der Waals surface area contributed by atoms with Gasteiger partial charge in [-0.05, 0) is 59.0 Å². The minimum Gasteiger partial charge on any atom is -0.300 e. The molecule has 1 atom stereocenters. The van der Waals surface area contributed by atoms with Crippen LogP contribution in [0.1, 0.15) is 37.7 Å². The van der Waals surface area contributed by atoms with Gasteiger partial charge in [0.25, 0.3) is 11.8 Å². The molecule has 6 nitrogen and oxygen atoms in total. The van der Waals surface area contributed by atoms with Crippen molar-refractivity contribution in [3.63, 3.8) is 0 Å². The molecule has 24 heavy (non-hydrogen) atoms. The number of nitrogens with zero attached hydrogens (tertiary/aromatic N) is 3. The average Bonchev–Trinajstić information content (AvgIpc) is 2.87. The number of nitriles is 1. The summed E-state index contributed by atoms with van der Waals surface area (Å²) in [5.74, 6) is -1.07. The van der Waals surface area contributed by atoms with Crippen LogP contribution in [0.2, 0.25) is 0 Å². The van der Waals surface area contributed by atoms with Crippen molar-refractivity contribution in [1.82, 2.24) is 0 Å². The van der Waals surface area contributed by atoms with Gasteiger partial charge in [0.2, 0.25) is 0 Å². The Morgan fingerprint density at radius 2 is 2.21 bits per heavy atom. The zero-order valence-corrected chi connectivity index (χ0v) is 14.4. The fraction of sp³-hybridized carbons (Fsp3) is 0.353. The Kier molecular flexibility index (Phi) is 4.58. The van der Waals surface area contributed by atoms with Crippen LogP contribution in [-0.4, -0.2) is 17.9 Å². The summed E-state index contributed by atoms with van der Waals surface area (Å²) in [6.07, 6.45) is 3.30. The number of rotatable bonds is 3. The number of nitroso groups, excluding NO2 is 1. The van der Waals surface area contributed by atoms with E-state index in [1.807, 2.05) is 0 Å². The number of carbonyl (C=O) groups is 2. The van der Waals surface area contributed by atoms with E-state index in [0.29, 0.717) is 21.3 Å². The van der Waals surface area contributed by atoms with Crippen molar-refractivity contribution in [2.24, 2.45) is 5.18 Å². The van der Waals surface area contributed by atoms with Crippen LogP contribution in [0, 0.1) is 16.2 Å². The van der Waals surface area contributed by atoms with Crippen LogP contribution in [0.3, 0.4) is 0 Å². The zero-order valence-electron chi connectivity index (χ0n) is 12.8. The van der Waals surface area contributed by atoms with Gasteiger partial charge in [-0.3, -0.25) is 9.59 Å². The third kappa shape index (κ3) is 2.78. The smallest absolute Gasteiger partial charge is 0.290 e. The lowest BCUT2D eigenvalue weighted by Gasteiger charge is -2.31. The fourth-order valence-corrected chi connectivity index (χ4v) is 4.05. The molecule has 1 heterocycles. The number of amides is 2. The Bertz CT molecular complexity index is 810. The van der Waals surface area contributed by atoms with E-state index in [1.165, 1.54) is 0 Å². The number of carbonyl (C=O) groups excluding carboxylic acids is 2. The van der Waals surface area contributed by atoms with Gasteiger partial charge in [-0.15, -0.1) is 4.91 Å². The molecule has 0 spiro atoms. The lowest BCUT2D eigenvalue weighted by Crippen LogP contribution is -2.37. The van der Waals surface area contributed by atoms with Crippen molar-refractivity contribution in [2.75, 3.05) is 4.90 Å². The van der Waals surface area contributed by atoms with Crippen molar-refractivity contribution in [1.29, 1.82) is 5.26 Å². The molecule has 1 aliphatic heterocycles. The molecule has 0 saturated heterocycles. The van der Waals surface area contributed by atoms with Crippen molar-refractivity contribution < 1.29 is 9.59 Å². The second kappa shape index (κ2) is 6.65. The van der Waals surface area contributed by atoms with Gasteiger partial charge in [0.05, 0.1) is 29.8 Å². The van der Waals surface area contributed by atoms with E-state index in [0.717, 1.165) is 31.3 Å². The largest absolute Gasteiger partial charge is 0.300 e. The molecular formula is C17H14BrN3O3. The van der Waals surface area contributed by atoms with E-state index in [1.54, 1.807) is 23.1 Å². The molecule has 122 valence electrons. The third-order valence-corrected chi connectivity index (χ3v) is 5.15. The summed E-state index contributed by atoms with van der Waals surface area (Å²) in [6.45, 7) is 0. The summed E-state index contributed by atoms with van der Waals surface area (Å²) in [6, 6.07) is 7.03. The minimum atomic E-state index is -0.823. The highest BCUT2D eigenvalue weighted by Crippen LogP contribution is 2.42. The number of hydrogen-bond acceptors (Lipinski definition) is 4. The lowest BCUT2D eigenvalue weighted by atomic mass is 9.88. The molecule has 1 unspecified atom stereocenters. The first-order chi connectivity index (χ1) is 11.6. The van der Waals surface area contributed by atoms with Gasteiger partial charge in [0, 0.05) is 15.2 Å². The molecule has 1 saturated carbocycles. The zero-order chi connectivity index (χ0) is 17.3. The average molecular weight is 388 g/mol. The van der Waals surface area contributed by atoms with E-state index < -0.39 is 5.91 Å². The topological polar surface area (TPSA) is 90.6 Å². The van der Waals surface area contributed by atoms with Gasteiger partial charge in [0.1, 0.15) is 0 Å². The summed E-state index contributed by atoms with van der Waals surface area (Å²) in [7, 11) is 0. The first-order valence-electron chi connectivity index (χ1n) is 7.68. The highest BCUT2D eigenvalue weighted by molar-refractivity contribution is 9.10. The summed E-state index contributed by atoms with van der Waals surface area (Å²) in [4.78, 5) is 36.5. The van der Waals surface area contributed by atoms with E-state index >= 15 is 0 Å². The van der Waals surface area contributed by atoms with Gasteiger partial charge in [-0.25, -0.2) is 0 Å². The van der Waals surface area contributed by atoms with Gasteiger partial charge >= 0.3 is 0 Å². The second-order valence-electron chi connectivity index (χ2n) is 5.88. The van der Waals surface area contributed by atoms with E-state index in [4.69, 9.17) is 5.26 Å². The predicted molar refractivity (Wildman–Crippen MR) is 91.0 cm³/mol. The molecule has 0 bridgehead atoms. The van der Waals surface area contributed by atoms with Gasteiger partial charge in [-0.2, -0.15) is 5.26 Å². The van der Waals surface area contributed by atoms with Crippen molar-refractivity contribution in [2.45, 2.75) is 38.1 Å². The summed E-state index contributed by atoms with van der Waals surface area (Å²) < 4.78 is 0.654. The van der Waals surface area contributed by atoms with Crippen LogP contribution >= 0.6 is 15.9 Å². The molecule has 1 fully saturated rings. The van der Waals surface area contributed by atoms with Crippen LogP contribution in [0.25, 0.3) is 0 Å². The summed E-state index contributed by atoms with van der Waals surface area (Å²) in [5.41, 5.74) is 2.51. The monoisotopic (exact) mass is 387 g/mol. The molecule has 0 aromatic heterocycles. The number of anilines is 1. The Balaban J connectivity index is 2.02. The minimum absolute atomic E-state index is 0.0927. The molecule has 2 amide bonds. The number of halogens is 1. The number of benzene rings is 1. The fourth-order valence-electron chi connectivity index (χ4n) is 3.48. The molecule has 0 radical (unpaired) electrons. The van der Waals surface area contributed by atoms with Gasteiger partial charge in [0.15, 0.2) is 0 Å². The standard InChI is InChI=1S/C17H14BrN3O3/c18-13-7-10(9-19)5-6-15(13)21-14-4-2-1-3-11(14)12(17(21)23)8-16(22)20-24/h5-7,14H,1-4,8H2. The normalized spacial score (nSPS) is 19.9. The number of fused-ring (bicyclic) bond motifs is 1. The molecule has 7 heteroatoms. The van der Waals surface area contributed by atoms with E-state index in [2.05, 4.69) is 27.2 Å². The molecule has 0 N–H and O–H groups in total. The predicted octanol–water partition coefficient (Wildman–Crippen LogP) is 3.59. The van der Waals surface area contributed by atoms with Crippen LogP contribution in [-0.2, 0) is 9.59 Å². The number of hydrogen-bond donors (Lipinski definition) is 0.